The van der Waals surface area contributed by atoms with Crippen LogP contribution < -0.4 is 5.09 Å². The Hall–Kier alpha value is 0.390. The smallest absolute Gasteiger partial charge is 0.00101 e. The van der Waals surface area contributed by atoms with Gasteiger partial charge in [0.1, 0.15) is 0 Å². The van der Waals surface area contributed by atoms with Crippen LogP contribution in [0.1, 0.15) is 71.1 Å². The van der Waals surface area contributed by atoms with Crippen molar-refractivity contribution in [2.75, 3.05) is 19.9 Å². The van der Waals surface area contributed by atoms with E-state index < -0.39 is 0 Å². The molecule has 0 radical (unpaired) electrons. The van der Waals surface area contributed by atoms with Crippen LogP contribution in [0.4, 0.5) is 0 Å². The Kier molecular flexibility index (Phi) is 13.8. The zero-order chi connectivity index (χ0) is 12.1. The molecule has 0 atom stereocenters. The van der Waals surface area contributed by atoms with Crippen LogP contribution in [0.25, 0.3) is 0 Å². The zero-order valence-electron chi connectivity index (χ0n) is 11.7. The lowest BCUT2D eigenvalue weighted by molar-refractivity contribution is 0.556. The second kappa shape index (κ2) is 13.5. The van der Waals surface area contributed by atoms with Gasteiger partial charge in [-0.2, -0.15) is 0 Å². The number of hydrogen-bond donors (Lipinski definition) is 1. The Morgan fingerprint density at radius 1 is 0.688 bits per heavy atom. The van der Waals surface area contributed by atoms with Gasteiger partial charge < -0.3 is 0 Å². The topological polar surface area (TPSA) is 12.0 Å². The first-order chi connectivity index (χ1) is 7.77. The maximum absolute atomic E-state index is 3.54. The van der Waals surface area contributed by atoms with Crippen molar-refractivity contribution in [3.63, 3.8) is 0 Å². The van der Waals surface area contributed by atoms with Crippen molar-refractivity contribution < 1.29 is 0 Å². The van der Waals surface area contributed by atoms with E-state index in [1.165, 1.54) is 70.8 Å². The van der Waals surface area contributed by atoms with E-state index in [0.29, 0.717) is 0 Å². The van der Waals surface area contributed by atoms with Crippen LogP contribution in [0.5, 0.6) is 0 Å². The summed E-state index contributed by atoms with van der Waals surface area (Å²) in [4.78, 5) is 0. The number of nitrogens with one attached hydrogen (secondary N) is 1. The molecule has 0 saturated carbocycles. The minimum Gasteiger partial charge on any atom is -0.296 e. The SMILES string of the molecule is CCCCCCCCCCCCNP(C)C. The minimum atomic E-state index is 0.113. The molecule has 0 bridgehead atoms. The van der Waals surface area contributed by atoms with Gasteiger partial charge >= 0.3 is 0 Å². The van der Waals surface area contributed by atoms with Gasteiger partial charge in [-0.25, -0.2) is 0 Å². The van der Waals surface area contributed by atoms with E-state index in [4.69, 9.17) is 0 Å². The van der Waals surface area contributed by atoms with Crippen LogP contribution >= 0.6 is 8.07 Å². The predicted molar refractivity (Wildman–Crippen MR) is 78.6 cm³/mol. The number of unbranched alkanes of at least 4 members (excludes halogenated alkanes) is 9. The summed E-state index contributed by atoms with van der Waals surface area (Å²) in [7, 11) is 0.113. The van der Waals surface area contributed by atoms with Gasteiger partial charge in [-0.05, 0) is 34.4 Å². The molecule has 0 saturated heterocycles. The normalized spacial score (nSPS) is 11.2. The van der Waals surface area contributed by atoms with E-state index in [2.05, 4.69) is 25.3 Å². The third kappa shape index (κ3) is 14.4. The maximum Gasteiger partial charge on any atom is -0.00101 e. The van der Waals surface area contributed by atoms with Gasteiger partial charge in [0.15, 0.2) is 0 Å². The lowest BCUT2D eigenvalue weighted by Gasteiger charge is -2.07. The van der Waals surface area contributed by atoms with Crippen molar-refractivity contribution in [1.29, 1.82) is 0 Å². The third-order valence-corrected chi connectivity index (χ3v) is 3.81. The summed E-state index contributed by atoms with van der Waals surface area (Å²) in [6.45, 7) is 8.08. The van der Waals surface area contributed by atoms with E-state index >= 15 is 0 Å². The largest absolute Gasteiger partial charge is 0.296 e. The molecule has 0 aromatic rings. The monoisotopic (exact) mass is 245 g/mol. The second-order valence-corrected chi connectivity index (χ2v) is 7.09. The Labute approximate surface area is 105 Å². The Morgan fingerprint density at radius 2 is 1.12 bits per heavy atom. The molecule has 2 heteroatoms. The molecule has 0 rings (SSSR count). The van der Waals surface area contributed by atoms with Crippen molar-refractivity contribution in [3.05, 3.63) is 0 Å². The highest BCUT2D eigenvalue weighted by molar-refractivity contribution is 7.53. The summed E-state index contributed by atoms with van der Waals surface area (Å²) in [6.07, 6.45) is 14.3. The summed E-state index contributed by atoms with van der Waals surface area (Å²) in [5, 5.41) is 3.54. The maximum atomic E-state index is 3.54. The molecule has 0 aromatic carbocycles. The molecule has 0 aromatic heterocycles. The molecule has 16 heavy (non-hydrogen) atoms. The molecular weight excluding hydrogens is 213 g/mol. The lowest BCUT2D eigenvalue weighted by Crippen LogP contribution is -2.06. The lowest BCUT2D eigenvalue weighted by atomic mass is 10.1. The van der Waals surface area contributed by atoms with Gasteiger partial charge in [-0.3, -0.25) is 5.09 Å². The van der Waals surface area contributed by atoms with Crippen molar-refractivity contribution in [2.45, 2.75) is 71.1 Å². The fourth-order valence-electron chi connectivity index (χ4n) is 1.92. The molecule has 0 aliphatic heterocycles. The Morgan fingerprint density at radius 3 is 1.56 bits per heavy atom. The van der Waals surface area contributed by atoms with Crippen LogP contribution in [-0.2, 0) is 0 Å². The molecule has 1 N–H and O–H groups in total. The Bertz CT molecular complexity index is 126. The van der Waals surface area contributed by atoms with Gasteiger partial charge in [0.25, 0.3) is 0 Å². The molecule has 0 aliphatic rings. The van der Waals surface area contributed by atoms with Crippen LogP contribution in [0.3, 0.4) is 0 Å². The fraction of sp³-hybridized carbons (Fsp3) is 1.00. The molecule has 0 heterocycles. The molecule has 0 fully saturated rings. The summed E-state index contributed by atoms with van der Waals surface area (Å²) >= 11 is 0. The first-order valence-corrected chi connectivity index (χ1v) is 9.41. The highest BCUT2D eigenvalue weighted by Gasteiger charge is 1.93. The van der Waals surface area contributed by atoms with Crippen molar-refractivity contribution in [2.24, 2.45) is 0 Å². The van der Waals surface area contributed by atoms with Gasteiger partial charge in [0.05, 0.1) is 0 Å². The zero-order valence-corrected chi connectivity index (χ0v) is 12.6. The van der Waals surface area contributed by atoms with E-state index in [-0.39, 0.29) is 8.07 Å². The standard InChI is InChI=1S/C14H32NP/c1-4-5-6-7-8-9-10-11-12-13-14-15-16(2)3/h15H,4-14H2,1-3H3. The highest BCUT2D eigenvalue weighted by atomic mass is 31.1. The van der Waals surface area contributed by atoms with Gasteiger partial charge in [0.2, 0.25) is 0 Å². The summed E-state index contributed by atoms with van der Waals surface area (Å²) in [5.41, 5.74) is 0. The first-order valence-electron chi connectivity index (χ1n) is 7.18. The minimum absolute atomic E-state index is 0.113. The van der Waals surface area contributed by atoms with E-state index in [9.17, 15) is 0 Å². The highest BCUT2D eigenvalue weighted by Crippen LogP contribution is 2.17. The molecule has 0 unspecified atom stereocenters. The van der Waals surface area contributed by atoms with Crippen LogP contribution in [0.2, 0.25) is 0 Å². The number of rotatable bonds is 12. The number of hydrogen-bond acceptors (Lipinski definition) is 1. The third-order valence-electron chi connectivity index (χ3n) is 2.96. The summed E-state index contributed by atoms with van der Waals surface area (Å²) in [5.74, 6) is 0. The van der Waals surface area contributed by atoms with E-state index in [1.54, 1.807) is 0 Å². The van der Waals surface area contributed by atoms with Crippen LogP contribution in [0, 0.1) is 0 Å². The van der Waals surface area contributed by atoms with Crippen molar-refractivity contribution in [3.8, 4) is 0 Å². The Balaban J connectivity index is 2.88. The second-order valence-electron chi connectivity index (χ2n) is 4.98. The van der Waals surface area contributed by atoms with Gasteiger partial charge in [-0.1, -0.05) is 64.7 Å². The quantitative estimate of drug-likeness (QED) is 0.370. The average Bonchev–Trinajstić information content (AvgIpc) is 2.25. The fourth-order valence-corrected chi connectivity index (χ4v) is 2.52. The van der Waals surface area contributed by atoms with Crippen molar-refractivity contribution >= 4 is 8.07 Å². The first kappa shape index (κ1) is 16.4. The summed E-state index contributed by atoms with van der Waals surface area (Å²) in [6, 6.07) is 0. The van der Waals surface area contributed by atoms with E-state index in [0.717, 1.165) is 0 Å². The molecule has 98 valence electrons. The average molecular weight is 245 g/mol. The molecule has 0 spiro atoms. The van der Waals surface area contributed by atoms with Crippen LogP contribution in [0.15, 0.2) is 0 Å². The van der Waals surface area contributed by atoms with Gasteiger partial charge in [-0.15, -0.1) is 0 Å². The molecule has 1 nitrogen and oxygen atoms in total. The van der Waals surface area contributed by atoms with Gasteiger partial charge in [0, 0.05) is 0 Å². The summed E-state index contributed by atoms with van der Waals surface area (Å²) < 4.78 is 0. The molecule has 0 aliphatic carbocycles. The molecular formula is C14H32NP. The van der Waals surface area contributed by atoms with Crippen LogP contribution in [-0.4, -0.2) is 19.9 Å². The van der Waals surface area contributed by atoms with Crippen molar-refractivity contribution in [1.82, 2.24) is 5.09 Å². The predicted octanol–water partition coefficient (Wildman–Crippen LogP) is 5.15. The van der Waals surface area contributed by atoms with E-state index in [1.807, 2.05) is 0 Å². The molecule has 0 amide bonds.